The smallest absolute Gasteiger partial charge is 0.229 e. The summed E-state index contributed by atoms with van der Waals surface area (Å²) in [7, 11) is 0. The third-order valence-electron chi connectivity index (χ3n) is 6.99. The zero-order valence-electron chi connectivity index (χ0n) is 22.6. The number of hydrazone groups is 1. The van der Waals surface area contributed by atoms with Crippen LogP contribution in [0.25, 0.3) is 0 Å². The van der Waals surface area contributed by atoms with Crippen molar-refractivity contribution in [2.24, 2.45) is 5.10 Å². The van der Waals surface area contributed by atoms with E-state index in [0.29, 0.717) is 30.5 Å². The molecule has 0 bridgehead atoms. The highest BCUT2D eigenvalue weighted by Gasteiger charge is 2.19. The molecule has 0 atom stereocenters. The minimum atomic E-state index is -0.265. The molecule has 0 radical (unpaired) electrons. The van der Waals surface area contributed by atoms with Gasteiger partial charge in [0.1, 0.15) is 18.2 Å². The molecule has 8 nitrogen and oxygen atoms in total. The second-order valence-corrected chi connectivity index (χ2v) is 9.93. The maximum atomic E-state index is 13.2. The van der Waals surface area contributed by atoms with Gasteiger partial charge in [-0.2, -0.15) is 15.1 Å². The van der Waals surface area contributed by atoms with Crippen LogP contribution in [0.4, 0.5) is 22.0 Å². The molecule has 206 valence electrons. The van der Waals surface area contributed by atoms with Crippen LogP contribution in [0.1, 0.15) is 56.6 Å². The van der Waals surface area contributed by atoms with Crippen molar-refractivity contribution in [2.45, 2.75) is 52.1 Å². The van der Waals surface area contributed by atoms with Crippen molar-refractivity contribution >= 4 is 23.8 Å². The number of hydrogen-bond acceptors (Lipinski definition) is 8. The molecule has 1 N–H and O–H groups in total. The predicted octanol–water partition coefficient (Wildman–Crippen LogP) is 6.02. The van der Waals surface area contributed by atoms with Crippen molar-refractivity contribution in [3.05, 3.63) is 65.5 Å². The van der Waals surface area contributed by atoms with E-state index in [1.807, 2.05) is 31.2 Å². The first-order valence-electron chi connectivity index (χ1n) is 14.0. The maximum absolute atomic E-state index is 13.2. The predicted molar refractivity (Wildman–Crippen MR) is 154 cm³/mol. The molecule has 39 heavy (non-hydrogen) atoms. The van der Waals surface area contributed by atoms with Crippen LogP contribution in [0.5, 0.6) is 11.5 Å². The Morgan fingerprint density at radius 2 is 1.56 bits per heavy atom. The van der Waals surface area contributed by atoms with E-state index in [0.717, 1.165) is 49.1 Å². The highest BCUT2D eigenvalue weighted by molar-refractivity contribution is 5.81. The number of benzene rings is 2. The fourth-order valence-electron chi connectivity index (χ4n) is 4.91. The third-order valence-corrected chi connectivity index (χ3v) is 6.99. The molecule has 2 aliphatic heterocycles. The monoisotopic (exact) mass is 532 g/mol. The van der Waals surface area contributed by atoms with E-state index < -0.39 is 0 Å². The van der Waals surface area contributed by atoms with E-state index >= 15 is 0 Å². The number of nitrogens with zero attached hydrogens (tertiary/aromatic N) is 5. The van der Waals surface area contributed by atoms with Gasteiger partial charge < -0.3 is 19.3 Å². The van der Waals surface area contributed by atoms with Gasteiger partial charge in [0, 0.05) is 32.2 Å². The summed E-state index contributed by atoms with van der Waals surface area (Å²) in [5.74, 6) is 3.41. The van der Waals surface area contributed by atoms with Crippen LogP contribution < -0.4 is 24.7 Å². The number of ether oxygens (including phenoxy) is 2. The Morgan fingerprint density at radius 1 is 0.846 bits per heavy atom. The third kappa shape index (κ3) is 7.37. The molecule has 0 spiro atoms. The van der Waals surface area contributed by atoms with Gasteiger partial charge in [0.15, 0.2) is 17.3 Å². The first-order chi connectivity index (χ1) is 19.2. The second-order valence-electron chi connectivity index (χ2n) is 9.93. The quantitative estimate of drug-likeness (QED) is 0.253. The van der Waals surface area contributed by atoms with E-state index in [-0.39, 0.29) is 5.82 Å². The van der Waals surface area contributed by atoms with E-state index in [1.165, 1.54) is 50.7 Å². The van der Waals surface area contributed by atoms with E-state index in [9.17, 15) is 4.39 Å². The lowest BCUT2D eigenvalue weighted by Crippen LogP contribution is -2.33. The molecule has 1 aromatic heterocycles. The molecule has 3 aromatic rings. The molecule has 5 rings (SSSR count). The lowest BCUT2D eigenvalue weighted by atomic mass is 10.1. The molecule has 0 saturated carbocycles. The Bertz CT molecular complexity index is 1200. The van der Waals surface area contributed by atoms with E-state index in [4.69, 9.17) is 19.4 Å². The first kappa shape index (κ1) is 26.7. The normalized spacial score (nSPS) is 15.9. The largest absolute Gasteiger partial charge is 0.490 e. The number of nitrogens with one attached hydrogen (secondary N) is 1. The Hall–Kier alpha value is -3.88. The Kier molecular flexibility index (Phi) is 9.09. The molecule has 2 aliphatic rings. The maximum Gasteiger partial charge on any atom is 0.229 e. The highest BCUT2D eigenvalue weighted by atomic mass is 19.1. The van der Waals surface area contributed by atoms with Crippen molar-refractivity contribution in [3.8, 4) is 11.5 Å². The van der Waals surface area contributed by atoms with Gasteiger partial charge >= 0.3 is 0 Å². The Balaban J connectivity index is 1.29. The van der Waals surface area contributed by atoms with Gasteiger partial charge in [-0.1, -0.05) is 12.1 Å². The van der Waals surface area contributed by atoms with Crippen molar-refractivity contribution in [3.63, 3.8) is 0 Å². The zero-order valence-corrected chi connectivity index (χ0v) is 22.6. The fraction of sp³-hybridized carbons (Fsp3) is 0.433. The topological polar surface area (TPSA) is 75.1 Å². The second kappa shape index (κ2) is 13.3. The summed E-state index contributed by atoms with van der Waals surface area (Å²) < 4.78 is 25.0. The van der Waals surface area contributed by atoms with Crippen LogP contribution in [-0.2, 0) is 6.61 Å². The standard InChI is InChI=1S/C30H37FN6O2/c1-2-38-27-19-24(11-14-26(27)39-22-23-9-12-25(31)13-10-23)21-32-35-28-20-29(36-15-5-3-6-16-36)34-30(33-28)37-17-7-4-8-18-37/h9-14,19-21H,2-8,15-18,22H2,1H3,(H,33,34,35)/b32-21-. The molecule has 0 amide bonds. The number of halogens is 1. The number of anilines is 3. The summed E-state index contributed by atoms with van der Waals surface area (Å²) in [6, 6.07) is 14.0. The number of piperidine rings is 2. The summed E-state index contributed by atoms with van der Waals surface area (Å²) in [5.41, 5.74) is 4.88. The fourth-order valence-corrected chi connectivity index (χ4v) is 4.91. The minimum absolute atomic E-state index is 0.265. The molecule has 0 unspecified atom stereocenters. The first-order valence-corrected chi connectivity index (χ1v) is 14.0. The van der Waals surface area contributed by atoms with Gasteiger partial charge in [-0.25, -0.2) is 4.39 Å². The minimum Gasteiger partial charge on any atom is -0.490 e. The van der Waals surface area contributed by atoms with E-state index in [1.54, 1.807) is 18.3 Å². The average Bonchev–Trinajstić information content (AvgIpc) is 2.98. The number of aromatic nitrogens is 2. The van der Waals surface area contributed by atoms with Crippen molar-refractivity contribution in [1.82, 2.24) is 9.97 Å². The molecule has 2 saturated heterocycles. The van der Waals surface area contributed by atoms with Crippen LogP contribution in [-0.4, -0.2) is 49.0 Å². The van der Waals surface area contributed by atoms with Crippen LogP contribution in [0.15, 0.2) is 53.6 Å². The lowest BCUT2D eigenvalue weighted by molar-refractivity contribution is 0.269. The summed E-state index contributed by atoms with van der Waals surface area (Å²) >= 11 is 0. The van der Waals surface area contributed by atoms with Crippen molar-refractivity contribution < 1.29 is 13.9 Å². The molecule has 9 heteroatoms. The molecule has 2 aromatic carbocycles. The van der Waals surface area contributed by atoms with Gasteiger partial charge in [0.2, 0.25) is 5.95 Å². The summed E-state index contributed by atoms with van der Waals surface area (Å²) in [6.45, 7) is 6.78. The summed E-state index contributed by atoms with van der Waals surface area (Å²) in [5, 5.41) is 4.48. The zero-order chi connectivity index (χ0) is 26.9. The summed E-state index contributed by atoms with van der Waals surface area (Å²) in [4.78, 5) is 14.4. The lowest BCUT2D eigenvalue weighted by Gasteiger charge is -2.31. The molecule has 3 heterocycles. The Labute approximate surface area is 229 Å². The van der Waals surface area contributed by atoms with Crippen LogP contribution in [0.2, 0.25) is 0 Å². The summed E-state index contributed by atoms with van der Waals surface area (Å²) in [6.07, 6.45) is 9.00. The van der Waals surface area contributed by atoms with Gasteiger partial charge in [0.05, 0.1) is 12.8 Å². The SMILES string of the molecule is CCOc1cc(/C=N\Nc2cc(N3CCCCC3)nc(N3CCCCC3)n2)ccc1OCc1ccc(F)cc1. The number of rotatable bonds is 10. The van der Waals surface area contributed by atoms with Crippen LogP contribution >= 0.6 is 0 Å². The highest BCUT2D eigenvalue weighted by Crippen LogP contribution is 2.29. The average molecular weight is 533 g/mol. The Morgan fingerprint density at radius 3 is 2.28 bits per heavy atom. The molecular weight excluding hydrogens is 495 g/mol. The van der Waals surface area contributed by atoms with Gasteiger partial charge in [-0.3, -0.25) is 5.43 Å². The van der Waals surface area contributed by atoms with Crippen LogP contribution in [0.3, 0.4) is 0 Å². The van der Waals surface area contributed by atoms with Crippen molar-refractivity contribution in [1.29, 1.82) is 0 Å². The molecule has 0 aliphatic carbocycles. The number of hydrogen-bond donors (Lipinski definition) is 1. The van der Waals surface area contributed by atoms with Crippen LogP contribution in [0, 0.1) is 5.82 Å². The van der Waals surface area contributed by atoms with Gasteiger partial charge in [0.25, 0.3) is 0 Å². The molecular formula is C30H37FN6O2. The van der Waals surface area contributed by atoms with Crippen molar-refractivity contribution in [2.75, 3.05) is 48.0 Å². The molecule has 2 fully saturated rings. The van der Waals surface area contributed by atoms with E-state index in [2.05, 4.69) is 20.3 Å². The van der Waals surface area contributed by atoms with Gasteiger partial charge in [-0.05, 0) is 86.9 Å². The van der Waals surface area contributed by atoms with Gasteiger partial charge in [-0.15, -0.1) is 0 Å².